The van der Waals surface area contributed by atoms with Gasteiger partial charge in [-0.25, -0.2) is 36.4 Å². The van der Waals surface area contributed by atoms with Crippen molar-refractivity contribution < 1.29 is 171 Å². The average Bonchev–Trinajstić information content (AvgIpc) is 3.11. The predicted octanol–water partition coefficient (Wildman–Crippen LogP) is 3.62. The van der Waals surface area contributed by atoms with Crippen molar-refractivity contribution in [3.63, 3.8) is 0 Å². The fraction of sp³-hybridized carbons (Fsp3) is 0.130. The molecule has 0 bridgehead atoms. The van der Waals surface area contributed by atoms with E-state index in [1.165, 1.54) is 0 Å². The Hall–Kier alpha value is 1.53. The normalized spacial score (nSPS) is 6.84. The number of aliphatic carboxylic acids is 1. The van der Waals surface area contributed by atoms with Crippen LogP contribution in [0.5, 0.6) is 0 Å². The van der Waals surface area contributed by atoms with E-state index in [1.807, 2.05) is 48.7 Å². The van der Waals surface area contributed by atoms with Gasteiger partial charge in [0.2, 0.25) is 0 Å². The molecule has 4 aromatic heterocycles. The topological polar surface area (TPSA) is 131 Å². The number of carbonyl (C=O) groups is 1. The van der Waals surface area contributed by atoms with Crippen molar-refractivity contribution in [2.75, 3.05) is 5.43 Å². The molecule has 0 amide bonds. The molecule has 38 heavy (non-hydrogen) atoms. The minimum atomic E-state index is -0.833. The van der Waals surface area contributed by atoms with Crippen molar-refractivity contribution in [3.8, 4) is 0 Å². The minimum Gasteiger partial charge on any atom is -0.481 e. The standard InChI is InChI=1S/C7H6N3.C6H6N.C5H6N3.C2H4O2.3CH3.3W.3Y/c1-6-8-9-7-4-2-3-5-10(6)7;1-6-4-2-3-5-7-6;6-8-5-3-1-2-4-7-5;1-2(3)4;;;;;;;;;/h2-3,5H,1H3;2-3,5H,1H3;1-2,4H,6H2,(H,7,8);1H3,(H,3,4);3*1H3;;;;;;/q3*-1;;3*-1;3*+2;;;. The number of carboxylic acids is 1. The van der Waals surface area contributed by atoms with Gasteiger partial charge in [-0.2, -0.15) is 23.3 Å². The zero-order chi connectivity index (χ0) is 21.5. The van der Waals surface area contributed by atoms with E-state index in [-0.39, 0.29) is 184 Å². The van der Waals surface area contributed by atoms with Crippen LogP contribution >= 0.6 is 0 Å². The number of aryl methyl sites for hydroxylation is 2. The van der Waals surface area contributed by atoms with E-state index in [0.717, 1.165) is 24.1 Å². The fourth-order valence-corrected chi connectivity index (χ4v) is 1.71. The molecule has 0 aliphatic rings. The van der Waals surface area contributed by atoms with E-state index >= 15 is 0 Å². The maximum Gasteiger partial charge on any atom is 2.00 e. The smallest absolute Gasteiger partial charge is 0.481 e. The van der Waals surface area contributed by atoms with E-state index in [2.05, 4.69) is 43.8 Å². The van der Waals surface area contributed by atoms with Crippen LogP contribution in [0.15, 0.2) is 55.0 Å². The number of aromatic nitrogens is 5. The maximum atomic E-state index is 9.00. The van der Waals surface area contributed by atoms with Crippen LogP contribution in [-0.2, 0) is 166 Å². The Morgan fingerprint density at radius 2 is 1.34 bits per heavy atom. The second-order valence-electron chi connectivity index (χ2n) is 5.25. The first-order valence-corrected chi connectivity index (χ1v) is 8.40. The second kappa shape index (κ2) is 40.7. The number of pyridine rings is 3. The summed E-state index contributed by atoms with van der Waals surface area (Å²) in [4.78, 5) is 16.7. The number of carboxylic acid groups (broad SMARTS) is 1. The first kappa shape index (κ1) is 63.0. The van der Waals surface area contributed by atoms with Crippen molar-refractivity contribution in [2.24, 2.45) is 5.84 Å². The summed E-state index contributed by atoms with van der Waals surface area (Å²) in [6.07, 6.45) is 5.32. The molecule has 4 N–H and O–H groups in total. The summed E-state index contributed by atoms with van der Waals surface area (Å²) in [5, 5.41) is 15.2. The van der Waals surface area contributed by atoms with E-state index < -0.39 is 5.97 Å². The molecular weight excluding hydrogens is 1220 g/mol. The van der Waals surface area contributed by atoms with Crippen LogP contribution in [0, 0.1) is 54.3 Å². The summed E-state index contributed by atoms with van der Waals surface area (Å²) in [6.45, 7) is 4.91. The van der Waals surface area contributed by atoms with E-state index in [1.54, 1.807) is 24.5 Å². The molecule has 4 aromatic rings. The zero-order valence-corrected chi connectivity index (χ0v) is 39.6. The molecule has 0 saturated carbocycles. The third-order valence-electron chi connectivity index (χ3n) is 2.90. The van der Waals surface area contributed by atoms with Crippen LogP contribution in [-0.4, -0.2) is 35.6 Å². The summed E-state index contributed by atoms with van der Waals surface area (Å²) < 4.78 is 1.89. The van der Waals surface area contributed by atoms with Gasteiger partial charge in [-0.3, -0.25) is 15.6 Å². The zero-order valence-electron chi connectivity index (χ0n) is 22.3. The van der Waals surface area contributed by atoms with Crippen molar-refractivity contribution in [2.45, 2.75) is 20.8 Å². The van der Waals surface area contributed by atoms with Gasteiger partial charge in [0.1, 0.15) is 5.82 Å². The maximum absolute atomic E-state index is 9.00. The summed E-state index contributed by atoms with van der Waals surface area (Å²) in [6, 6.07) is 19.6. The van der Waals surface area contributed by atoms with Gasteiger partial charge in [0.05, 0.1) is 5.65 Å². The molecule has 4 rings (SSSR count). The van der Waals surface area contributed by atoms with Gasteiger partial charge in [0.25, 0.3) is 5.97 Å². The van der Waals surface area contributed by atoms with E-state index in [0.29, 0.717) is 5.82 Å². The van der Waals surface area contributed by atoms with Gasteiger partial charge in [0, 0.05) is 111 Å². The van der Waals surface area contributed by atoms with Crippen molar-refractivity contribution in [1.29, 1.82) is 0 Å². The van der Waals surface area contributed by atoms with Crippen molar-refractivity contribution in [3.05, 3.63) is 107 Å². The summed E-state index contributed by atoms with van der Waals surface area (Å²) in [7, 11) is 0. The summed E-state index contributed by atoms with van der Waals surface area (Å²) in [5.74, 6) is 5.63. The third kappa shape index (κ3) is 32.0. The molecule has 15 heteroatoms. The predicted molar refractivity (Wildman–Crippen MR) is 128 cm³/mol. The Kier molecular flexibility index (Phi) is 67.4. The number of nitrogens with one attached hydrogen (secondary N) is 1. The summed E-state index contributed by atoms with van der Waals surface area (Å²) in [5.41, 5.74) is 4.08. The number of nitrogens with two attached hydrogens (primary N) is 1. The molecule has 0 aliphatic carbocycles. The van der Waals surface area contributed by atoms with Gasteiger partial charge < -0.3 is 42.2 Å². The Labute approximate surface area is 346 Å². The average molecular weight is 1260 g/mol. The molecule has 4 heterocycles. The van der Waals surface area contributed by atoms with Crippen molar-refractivity contribution >= 4 is 17.4 Å². The summed E-state index contributed by atoms with van der Waals surface area (Å²) >= 11 is 0. The molecule has 0 aliphatic heterocycles. The number of hydrazine groups is 1. The Balaban J connectivity index is -0.0000000403. The molecule has 0 saturated heterocycles. The molecule has 0 unspecified atom stereocenters. The Bertz CT molecular complexity index is 988. The van der Waals surface area contributed by atoms with Gasteiger partial charge in [-0.15, -0.1) is 5.10 Å². The molecule has 197 valence electrons. The SMILES string of the molecule is CC(=O)O.Cc1[c-]cccn1.Cc1nnc2[c-]cccn12.NNc1[c-]cccn1.[CH3-].[CH3-].[CH3-].[W+2].[W+2].[W+2].[Y].[Y].[Y]. The molecule has 0 aromatic carbocycles. The number of nitrogen functional groups attached to an aromatic ring is 1. The van der Waals surface area contributed by atoms with Crippen LogP contribution in [0.4, 0.5) is 5.82 Å². The third-order valence-corrected chi connectivity index (χ3v) is 2.90. The number of nitrogens with zero attached hydrogens (tertiary/aromatic N) is 5. The van der Waals surface area contributed by atoms with E-state index in [4.69, 9.17) is 15.7 Å². The molecular formula is C23H31N7O2W3Y3. The van der Waals surface area contributed by atoms with Crippen LogP contribution < -0.4 is 11.3 Å². The molecule has 0 spiro atoms. The minimum absolute atomic E-state index is 0. The first-order chi connectivity index (χ1) is 13.9. The molecule has 0 atom stereocenters. The van der Waals surface area contributed by atoms with E-state index in [9.17, 15) is 0 Å². The largest absolute Gasteiger partial charge is 2.00 e. The van der Waals surface area contributed by atoms with Gasteiger partial charge in [0.15, 0.2) is 0 Å². The van der Waals surface area contributed by atoms with Gasteiger partial charge in [-0.1, -0.05) is 24.3 Å². The fourth-order valence-electron chi connectivity index (χ4n) is 1.71. The van der Waals surface area contributed by atoms with Gasteiger partial charge in [-0.05, 0) is 13.8 Å². The monoisotopic (exact) mass is 1260 g/mol. The van der Waals surface area contributed by atoms with Crippen LogP contribution in [0.25, 0.3) is 5.65 Å². The van der Waals surface area contributed by atoms with Gasteiger partial charge >= 0.3 is 63.2 Å². The molecule has 9 nitrogen and oxygen atoms in total. The number of rotatable bonds is 1. The van der Waals surface area contributed by atoms with Crippen LogP contribution in [0.1, 0.15) is 18.4 Å². The molecule has 3 radical (unpaired) electrons. The number of hydrogen-bond acceptors (Lipinski definition) is 7. The van der Waals surface area contributed by atoms with Crippen molar-refractivity contribution in [1.82, 2.24) is 24.6 Å². The Morgan fingerprint density at radius 3 is 1.66 bits per heavy atom. The first-order valence-electron chi connectivity index (χ1n) is 8.40. The second-order valence-corrected chi connectivity index (χ2v) is 5.25. The molecule has 0 fully saturated rings. The number of hydrogen-bond donors (Lipinski definition) is 3. The van der Waals surface area contributed by atoms with Crippen LogP contribution in [0.3, 0.4) is 0 Å². The number of fused-ring (bicyclic) bond motifs is 1. The Morgan fingerprint density at radius 1 is 0.868 bits per heavy atom. The number of anilines is 1. The van der Waals surface area contributed by atoms with Crippen LogP contribution in [0.2, 0.25) is 0 Å². The quantitative estimate of drug-likeness (QED) is 0.150.